The quantitative estimate of drug-likeness (QED) is 0.864. The maximum absolute atomic E-state index is 13.7. The van der Waals surface area contributed by atoms with Crippen molar-refractivity contribution < 1.29 is 27.5 Å². The fraction of sp³-hybridized carbons (Fsp3) is 0.385. The molecule has 0 spiro atoms. The lowest BCUT2D eigenvalue weighted by Gasteiger charge is -2.23. The lowest BCUT2D eigenvalue weighted by atomic mass is 9.88. The monoisotopic (exact) mass is 289 g/mol. The van der Waals surface area contributed by atoms with Crippen LogP contribution in [0.3, 0.4) is 0 Å². The summed E-state index contributed by atoms with van der Waals surface area (Å²) >= 11 is 0. The van der Waals surface area contributed by atoms with E-state index in [4.69, 9.17) is 5.11 Å². The third kappa shape index (κ3) is 2.52. The molecule has 2 rings (SSSR count). The van der Waals surface area contributed by atoms with Gasteiger partial charge >= 0.3 is 12.1 Å². The lowest BCUT2D eigenvalue weighted by Crippen LogP contribution is -2.26. The number of rotatable bonds is 4. The molecule has 108 valence electrons. The van der Waals surface area contributed by atoms with Gasteiger partial charge in [-0.05, 0) is 24.5 Å². The fourth-order valence-electron chi connectivity index (χ4n) is 2.18. The molecule has 1 fully saturated rings. The van der Waals surface area contributed by atoms with E-state index >= 15 is 0 Å². The molecule has 7 heteroatoms. The van der Waals surface area contributed by atoms with Gasteiger partial charge in [0.05, 0.1) is 18.0 Å². The molecule has 0 aromatic carbocycles. The van der Waals surface area contributed by atoms with Crippen LogP contribution in [-0.2, 0) is 4.79 Å². The van der Waals surface area contributed by atoms with E-state index < -0.39 is 29.8 Å². The van der Waals surface area contributed by atoms with Crippen LogP contribution < -0.4 is 0 Å². The van der Waals surface area contributed by atoms with Gasteiger partial charge in [0.15, 0.2) is 0 Å². The molecule has 1 N–H and O–H groups in total. The SMILES string of the molecule is O=C(O)C/C=C(\c1ccncc1F)C1(C(F)(F)F)CC1. The van der Waals surface area contributed by atoms with Crippen molar-refractivity contribution in [2.24, 2.45) is 5.41 Å². The molecule has 0 atom stereocenters. The largest absolute Gasteiger partial charge is 0.481 e. The van der Waals surface area contributed by atoms with Crippen LogP contribution in [0.5, 0.6) is 0 Å². The highest BCUT2D eigenvalue weighted by Crippen LogP contribution is 2.65. The maximum atomic E-state index is 13.7. The molecule has 0 amide bonds. The number of carboxylic acid groups (broad SMARTS) is 1. The first-order valence-corrected chi connectivity index (χ1v) is 5.87. The summed E-state index contributed by atoms with van der Waals surface area (Å²) in [7, 11) is 0. The van der Waals surface area contributed by atoms with Gasteiger partial charge < -0.3 is 5.11 Å². The van der Waals surface area contributed by atoms with E-state index in [-0.39, 0.29) is 24.0 Å². The van der Waals surface area contributed by atoms with Gasteiger partial charge in [-0.15, -0.1) is 0 Å². The summed E-state index contributed by atoms with van der Waals surface area (Å²) in [6.07, 6.45) is -2.51. The first-order valence-electron chi connectivity index (χ1n) is 5.87. The minimum absolute atomic E-state index is 0.163. The van der Waals surface area contributed by atoms with Crippen LogP contribution in [0.25, 0.3) is 5.57 Å². The molecule has 1 aliphatic rings. The molecule has 20 heavy (non-hydrogen) atoms. The van der Waals surface area contributed by atoms with Crippen molar-refractivity contribution in [2.75, 3.05) is 0 Å². The van der Waals surface area contributed by atoms with Crippen molar-refractivity contribution in [1.82, 2.24) is 4.98 Å². The zero-order valence-electron chi connectivity index (χ0n) is 10.2. The van der Waals surface area contributed by atoms with Gasteiger partial charge in [0, 0.05) is 11.8 Å². The topological polar surface area (TPSA) is 50.2 Å². The minimum Gasteiger partial charge on any atom is -0.481 e. The van der Waals surface area contributed by atoms with Crippen molar-refractivity contribution in [1.29, 1.82) is 0 Å². The van der Waals surface area contributed by atoms with Crippen molar-refractivity contribution in [2.45, 2.75) is 25.4 Å². The lowest BCUT2D eigenvalue weighted by molar-refractivity contribution is -0.168. The third-order valence-electron chi connectivity index (χ3n) is 3.35. The van der Waals surface area contributed by atoms with Crippen LogP contribution in [0.1, 0.15) is 24.8 Å². The van der Waals surface area contributed by atoms with E-state index in [9.17, 15) is 22.4 Å². The summed E-state index contributed by atoms with van der Waals surface area (Å²) < 4.78 is 53.2. The second-order valence-corrected chi connectivity index (χ2v) is 4.65. The van der Waals surface area contributed by atoms with E-state index in [1.807, 2.05) is 0 Å². The third-order valence-corrected chi connectivity index (χ3v) is 3.35. The van der Waals surface area contributed by atoms with E-state index in [0.717, 1.165) is 18.3 Å². The molecule has 3 nitrogen and oxygen atoms in total. The number of halogens is 4. The van der Waals surface area contributed by atoms with E-state index in [2.05, 4.69) is 4.98 Å². The first-order chi connectivity index (χ1) is 9.28. The molecule has 0 unspecified atom stereocenters. The Labute approximate surface area is 111 Å². The Morgan fingerprint density at radius 3 is 2.55 bits per heavy atom. The van der Waals surface area contributed by atoms with Crippen molar-refractivity contribution in [3.63, 3.8) is 0 Å². The number of nitrogens with zero attached hydrogens (tertiary/aromatic N) is 1. The van der Waals surface area contributed by atoms with Gasteiger partial charge in [-0.1, -0.05) is 6.08 Å². The molecule has 1 saturated carbocycles. The number of pyridine rings is 1. The molecular formula is C13H11F4NO2. The van der Waals surface area contributed by atoms with E-state index in [0.29, 0.717) is 0 Å². The molecule has 1 aliphatic carbocycles. The number of alkyl halides is 3. The molecule has 0 bridgehead atoms. The number of hydrogen-bond donors (Lipinski definition) is 1. The molecule has 1 aromatic rings. The summed E-state index contributed by atoms with van der Waals surface area (Å²) in [5.41, 5.74) is -2.69. The Morgan fingerprint density at radius 2 is 2.10 bits per heavy atom. The van der Waals surface area contributed by atoms with Crippen molar-refractivity contribution in [3.05, 3.63) is 35.9 Å². The Hall–Kier alpha value is -1.92. The van der Waals surface area contributed by atoms with Crippen LogP contribution in [0.2, 0.25) is 0 Å². The maximum Gasteiger partial charge on any atom is 0.398 e. The number of hydrogen-bond acceptors (Lipinski definition) is 2. The number of aromatic nitrogens is 1. The zero-order chi connectivity index (χ0) is 15.0. The van der Waals surface area contributed by atoms with Crippen LogP contribution in [0.15, 0.2) is 24.5 Å². The van der Waals surface area contributed by atoms with Gasteiger partial charge in [-0.25, -0.2) is 4.39 Å². The second-order valence-electron chi connectivity index (χ2n) is 4.65. The predicted octanol–water partition coefficient (Wildman–Crippen LogP) is 3.42. The van der Waals surface area contributed by atoms with Gasteiger partial charge in [0.2, 0.25) is 0 Å². The summed E-state index contributed by atoms with van der Waals surface area (Å²) in [5.74, 6) is -2.16. The van der Waals surface area contributed by atoms with Gasteiger partial charge in [-0.2, -0.15) is 13.2 Å². The van der Waals surface area contributed by atoms with Crippen LogP contribution in [0.4, 0.5) is 17.6 Å². The predicted molar refractivity (Wildman–Crippen MR) is 62.1 cm³/mol. The van der Waals surface area contributed by atoms with Crippen molar-refractivity contribution in [3.8, 4) is 0 Å². The van der Waals surface area contributed by atoms with Crippen LogP contribution >= 0.6 is 0 Å². The fourth-order valence-corrected chi connectivity index (χ4v) is 2.18. The zero-order valence-corrected chi connectivity index (χ0v) is 10.2. The van der Waals surface area contributed by atoms with Crippen LogP contribution in [-0.4, -0.2) is 22.2 Å². The molecular weight excluding hydrogens is 278 g/mol. The molecule has 0 aliphatic heterocycles. The smallest absolute Gasteiger partial charge is 0.398 e. The highest BCUT2D eigenvalue weighted by atomic mass is 19.4. The minimum atomic E-state index is -4.53. The Morgan fingerprint density at radius 1 is 1.45 bits per heavy atom. The number of carbonyl (C=O) groups is 1. The average molecular weight is 289 g/mol. The Balaban J connectivity index is 2.50. The normalized spacial score (nSPS) is 17.9. The van der Waals surface area contributed by atoms with Crippen molar-refractivity contribution >= 4 is 11.5 Å². The number of allylic oxidation sites excluding steroid dienone is 1. The van der Waals surface area contributed by atoms with E-state index in [1.54, 1.807) is 0 Å². The number of carboxylic acids is 1. The highest BCUT2D eigenvalue weighted by Gasteiger charge is 2.65. The highest BCUT2D eigenvalue weighted by molar-refractivity contribution is 5.78. The van der Waals surface area contributed by atoms with Gasteiger partial charge in [-0.3, -0.25) is 9.78 Å². The average Bonchev–Trinajstić information content (AvgIpc) is 3.12. The molecule has 1 heterocycles. The summed E-state index contributed by atoms with van der Waals surface area (Å²) in [4.78, 5) is 14.1. The summed E-state index contributed by atoms with van der Waals surface area (Å²) in [6.45, 7) is 0. The Bertz CT molecular complexity index is 562. The standard InChI is InChI=1S/C13H11F4NO2/c14-10-7-18-6-3-8(10)9(1-2-11(19)20)12(4-5-12)13(15,16)17/h1,3,6-7H,2,4-5H2,(H,19,20)/b9-1+. The van der Waals surface area contributed by atoms with Crippen LogP contribution in [0, 0.1) is 11.2 Å². The van der Waals surface area contributed by atoms with Gasteiger partial charge in [0.1, 0.15) is 5.82 Å². The molecule has 0 radical (unpaired) electrons. The molecule has 0 saturated heterocycles. The second kappa shape index (κ2) is 4.88. The summed E-state index contributed by atoms with van der Waals surface area (Å²) in [6, 6.07) is 1.13. The first kappa shape index (κ1) is 14.5. The molecule has 1 aromatic heterocycles. The van der Waals surface area contributed by atoms with Gasteiger partial charge in [0.25, 0.3) is 0 Å². The summed E-state index contributed by atoms with van der Waals surface area (Å²) in [5, 5.41) is 8.64. The van der Waals surface area contributed by atoms with E-state index in [1.165, 1.54) is 6.20 Å². The Kier molecular flexibility index (Phi) is 3.54. The number of aliphatic carboxylic acids is 1.